The molecule has 7 heteroatoms. The van der Waals surface area contributed by atoms with Crippen LogP contribution in [0.5, 0.6) is 5.75 Å². The molecule has 18 heavy (non-hydrogen) atoms. The van der Waals surface area contributed by atoms with E-state index in [1.165, 1.54) is 0 Å². The Morgan fingerprint density at radius 1 is 1.33 bits per heavy atom. The Balaban J connectivity index is 0.00000289. The van der Waals surface area contributed by atoms with Gasteiger partial charge < -0.3 is 9.29 Å². The Kier molecular flexibility index (Phi) is 8.51. The molecule has 1 aromatic rings. The standard InChI is InChI=1S/C11H14O5S.Na/c1-2-6-11(9-15-17(12,13)14)16-10-7-4-3-5-8-10;/h2-5,7-8,11H,1,6,9H2,(H,12,13,14);/q;+1/p-1. The van der Waals surface area contributed by atoms with Crippen LogP contribution in [0.4, 0.5) is 0 Å². The van der Waals surface area contributed by atoms with Crippen molar-refractivity contribution < 1.29 is 51.4 Å². The molecule has 0 aliphatic rings. The van der Waals surface area contributed by atoms with Crippen LogP contribution in [-0.4, -0.2) is 25.7 Å². The van der Waals surface area contributed by atoms with Crippen molar-refractivity contribution >= 4 is 10.4 Å². The van der Waals surface area contributed by atoms with E-state index in [0.29, 0.717) is 12.2 Å². The molecule has 0 saturated heterocycles. The molecule has 0 amide bonds. The molecule has 1 atom stereocenters. The van der Waals surface area contributed by atoms with E-state index in [2.05, 4.69) is 10.8 Å². The summed E-state index contributed by atoms with van der Waals surface area (Å²) in [5.41, 5.74) is 0. The molecule has 5 nitrogen and oxygen atoms in total. The van der Waals surface area contributed by atoms with Gasteiger partial charge in [0.05, 0.1) is 0 Å². The molecular formula is C11H13NaO5S. The van der Waals surface area contributed by atoms with Crippen LogP contribution in [0.2, 0.25) is 0 Å². The van der Waals surface area contributed by atoms with Crippen molar-refractivity contribution in [1.82, 2.24) is 0 Å². The minimum atomic E-state index is -4.69. The predicted octanol–water partition coefficient (Wildman–Crippen LogP) is -1.51. The first-order valence-corrected chi connectivity index (χ1v) is 6.27. The average molecular weight is 280 g/mol. The summed E-state index contributed by atoms with van der Waals surface area (Å²) < 4.78 is 40.6. The zero-order valence-electron chi connectivity index (χ0n) is 10.1. The van der Waals surface area contributed by atoms with Crippen molar-refractivity contribution in [3.8, 4) is 5.75 Å². The third-order valence-electron chi connectivity index (χ3n) is 1.87. The normalized spacial score (nSPS) is 12.3. The first-order chi connectivity index (χ1) is 8.01. The fourth-order valence-corrected chi connectivity index (χ4v) is 1.51. The number of rotatable bonds is 7. The zero-order valence-corrected chi connectivity index (χ0v) is 12.9. The molecule has 0 fully saturated rings. The first kappa shape index (κ1) is 17.6. The molecule has 0 bridgehead atoms. The Bertz CT molecular complexity index is 446. The molecule has 0 aliphatic carbocycles. The summed E-state index contributed by atoms with van der Waals surface area (Å²) in [6.07, 6.45) is 1.39. The minimum Gasteiger partial charge on any atom is -0.726 e. The van der Waals surface area contributed by atoms with Crippen molar-refractivity contribution in [1.29, 1.82) is 0 Å². The zero-order chi connectivity index (χ0) is 12.7. The van der Waals surface area contributed by atoms with Gasteiger partial charge in [-0.2, -0.15) is 0 Å². The number of ether oxygens (including phenoxy) is 1. The molecule has 0 aromatic heterocycles. The van der Waals surface area contributed by atoms with Crippen LogP contribution in [0.1, 0.15) is 6.42 Å². The van der Waals surface area contributed by atoms with Crippen LogP contribution in [0.15, 0.2) is 43.0 Å². The smallest absolute Gasteiger partial charge is 0.726 e. The van der Waals surface area contributed by atoms with Gasteiger partial charge in [-0.25, -0.2) is 8.42 Å². The Morgan fingerprint density at radius 2 is 1.94 bits per heavy atom. The van der Waals surface area contributed by atoms with Crippen LogP contribution in [0, 0.1) is 0 Å². The summed E-state index contributed by atoms with van der Waals surface area (Å²) in [5, 5.41) is 0. The molecule has 0 heterocycles. The maximum Gasteiger partial charge on any atom is 1.00 e. The van der Waals surface area contributed by atoms with E-state index in [-0.39, 0.29) is 36.2 Å². The van der Waals surface area contributed by atoms with E-state index in [1.54, 1.807) is 30.3 Å². The van der Waals surface area contributed by atoms with E-state index in [1.807, 2.05) is 6.07 Å². The second-order valence-corrected chi connectivity index (χ2v) is 4.32. The van der Waals surface area contributed by atoms with Gasteiger partial charge in [-0.15, -0.1) is 6.58 Å². The maximum atomic E-state index is 10.3. The van der Waals surface area contributed by atoms with Crippen LogP contribution in [0.25, 0.3) is 0 Å². The summed E-state index contributed by atoms with van der Waals surface area (Å²) in [4.78, 5) is 0. The molecule has 1 rings (SSSR count). The third-order valence-corrected chi connectivity index (χ3v) is 2.30. The second kappa shape index (κ2) is 8.68. The van der Waals surface area contributed by atoms with Crippen LogP contribution in [-0.2, 0) is 14.6 Å². The Hall–Kier alpha value is -0.370. The molecule has 1 aromatic carbocycles. The fourth-order valence-electron chi connectivity index (χ4n) is 1.19. The van der Waals surface area contributed by atoms with E-state index < -0.39 is 16.5 Å². The number of benzene rings is 1. The van der Waals surface area contributed by atoms with Gasteiger partial charge in [0.1, 0.15) is 18.5 Å². The fraction of sp³-hybridized carbons (Fsp3) is 0.273. The van der Waals surface area contributed by atoms with Gasteiger partial charge in [-0.05, 0) is 12.1 Å². The third kappa shape index (κ3) is 7.86. The molecule has 94 valence electrons. The minimum absolute atomic E-state index is 0. The van der Waals surface area contributed by atoms with Gasteiger partial charge in [-0.3, -0.25) is 4.18 Å². The molecule has 0 N–H and O–H groups in total. The van der Waals surface area contributed by atoms with Gasteiger partial charge in [0, 0.05) is 6.42 Å². The van der Waals surface area contributed by atoms with E-state index >= 15 is 0 Å². The van der Waals surface area contributed by atoms with Crippen molar-refractivity contribution in [3.05, 3.63) is 43.0 Å². The van der Waals surface area contributed by atoms with Crippen LogP contribution < -0.4 is 34.3 Å². The van der Waals surface area contributed by atoms with Gasteiger partial charge in [0.15, 0.2) is 0 Å². The Labute approximate surface area is 129 Å². The van der Waals surface area contributed by atoms with Crippen molar-refractivity contribution in [2.45, 2.75) is 12.5 Å². The summed E-state index contributed by atoms with van der Waals surface area (Å²) >= 11 is 0. The summed E-state index contributed by atoms with van der Waals surface area (Å²) in [5.74, 6) is 0.575. The van der Waals surface area contributed by atoms with Crippen LogP contribution in [0.3, 0.4) is 0 Å². The van der Waals surface area contributed by atoms with Gasteiger partial charge in [-0.1, -0.05) is 24.3 Å². The average Bonchev–Trinajstić information content (AvgIpc) is 2.27. The topological polar surface area (TPSA) is 75.7 Å². The summed E-state index contributed by atoms with van der Waals surface area (Å²) in [6, 6.07) is 8.84. The molecule has 0 aliphatic heterocycles. The maximum absolute atomic E-state index is 10.3. The largest absolute Gasteiger partial charge is 1.00 e. The van der Waals surface area contributed by atoms with Gasteiger partial charge in [0.2, 0.25) is 10.4 Å². The van der Waals surface area contributed by atoms with E-state index in [4.69, 9.17) is 4.74 Å². The summed E-state index contributed by atoms with van der Waals surface area (Å²) in [6.45, 7) is 3.20. The Morgan fingerprint density at radius 3 is 2.44 bits per heavy atom. The second-order valence-electron chi connectivity index (χ2n) is 3.27. The molecule has 0 spiro atoms. The van der Waals surface area contributed by atoms with Gasteiger partial charge in [0.25, 0.3) is 0 Å². The molecular weight excluding hydrogens is 267 g/mol. The number of hydrogen-bond acceptors (Lipinski definition) is 5. The molecule has 0 radical (unpaired) electrons. The molecule has 0 saturated carbocycles. The quantitative estimate of drug-likeness (QED) is 0.263. The van der Waals surface area contributed by atoms with Crippen molar-refractivity contribution in [2.24, 2.45) is 0 Å². The SMILES string of the molecule is C=CCC(COS(=O)(=O)[O-])Oc1ccccc1.[Na+]. The van der Waals surface area contributed by atoms with Crippen LogP contribution >= 0.6 is 0 Å². The summed E-state index contributed by atoms with van der Waals surface area (Å²) in [7, 11) is -4.69. The monoisotopic (exact) mass is 280 g/mol. The van der Waals surface area contributed by atoms with Crippen molar-refractivity contribution in [3.63, 3.8) is 0 Å². The van der Waals surface area contributed by atoms with Crippen molar-refractivity contribution in [2.75, 3.05) is 6.61 Å². The molecule has 1 unspecified atom stereocenters. The predicted molar refractivity (Wildman–Crippen MR) is 61.3 cm³/mol. The number of hydrogen-bond donors (Lipinski definition) is 0. The van der Waals surface area contributed by atoms with Gasteiger partial charge >= 0.3 is 29.6 Å². The first-order valence-electron chi connectivity index (χ1n) is 4.94. The number of para-hydroxylation sites is 1. The van der Waals surface area contributed by atoms with E-state index in [0.717, 1.165) is 0 Å². The van der Waals surface area contributed by atoms with E-state index in [9.17, 15) is 13.0 Å².